The van der Waals surface area contributed by atoms with E-state index in [1.54, 1.807) is 0 Å². The van der Waals surface area contributed by atoms with Crippen LogP contribution in [-0.4, -0.2) is 0 Å². The molecule has 0 unspecified atom stereocenters. The van der Waals surface area contributed by atoms with Gasteiger partial charge in [0.25, 0.3) is 0 Å². The molecule has 0 bridgehead atoms. The lowest BCUT2D eigenvalue weighted by molar-refractivity contribution is 0.660. The summed E-state index contributed by atoms with van der Waals surface area (Å²) in [5.41, 5.74) is 19.5. The molecule has 11 aromatic rings. The molecule has 1 aromatic heterocycles. The summed E-state index contributed by atoms with van der Waals surface area (Å²) >= 11 is 0. The zero-order chi connectivity index (χ0) is 42.6. The number of nitrogens with zero attached hydrogens (tertiary/aromatic N) is 1. The Balaban J connectivity index is 1.16. The Morgan fingerprint density at radius 1 is 0.375 bits per heavy atom. The van der Waals surface area contributed by atoms with Crippen LogP contribution in [0, 0.1) is 0 Å². The standard InChI is InChI=1S/C62H43NO/c1-61(2)52-29-14-11-25-46(52)48-34-32-43(38-54(48)61)63(56-36-37-58-60(51-27-13-16-31-57(51)64-58)59(56)50-28-17-19-40-18-9-10-24-45(40)50)44-33-35-49-47-26-12-15-30-53(47)62(55(49)39-44,41-20-5-3-6-21-41)42-22-7-4-8-23-42/h3-39H,1-2H3. The van der Waals surface area contributed by atoms with Crippen LogP contribution < -0.4 is 4.90 Å². The normalized spacial score (nSPS) is 14.0. The third-order valence-corrected chi connectivity index (χ3v) is 14.3. The molecule has 64 heavy (non-hydrogen) atoms. The lowest BCUT2D eigenvalue weighted by Crippen LogP contribution is -2.28. The fourth-order valence-electron chi connectivity index (χ4n) is 11.5. The van der Waals surface area contributed by atoms with E-state index in [1.807, 2.05) is 0 Å². The van der Waals surface area contributed by atoms with Crippen LogP contribution in [0.25, 0.3) is 66.1 Å². The van der Waals surface area contributed by atoms with Crippen LogP contribution in [0.1, 0.15) is 47.2 Å². The lowest BCUT2D eigenvalue weighted by atomic mass is 9.67. The van der Waals surface area contributed by atoms with E-state index in [-0.39, 0.29) is 5.41 Å². The Labute approximate surface area is 373 Å². The van der Waals surface area contributed by atoms with E-state index in [2.05, 4.69) is 243 Å². The molecule has 2 heteroatoms. The quantitative estimate of drug-likeness (QED) is 0.166. The minimum absolute atomic E-state index is 0.188. The monoisotopic (exact) mass is 817 g/mol. The molecular weight excluding hydrogens is 775 g/mol. The van der Waals surface area contributed by atoms with Crippen molar-refractivity contribution < 1.29 is 4.42 Å². The van der Waals surface area contributed by atoms with Gasteiger partial charge in [0.05, 0.1) is 11.1 Å². The smallest absolute Gasteiger partial charge is 0.136 e. The molecule has 302 valence electrons. The summed E-state index contributed by atoms with van der Waals surface area (Å²) in [6.07, 6.45) is 0. The van der Waals surface area contributed by atoms with Gasteiger partial charge in [-0.2, -0.15) is 0 Å². The van der Waals surface area contributed by atoms with Crippen LogP contribution in [0.3, 0.4) is 0 Å². The van der Waals surface area contributed by atoms with E-state index >= 15 is 0 Å². The second kappa shape index (κ2) is 13.8. The van der Waals surface area contributed by atoms with Gasteiger partial charge >= 0.3 is 0 Å². The van der Waals surface area contributed by atoms with Gasteiger partial charge in [-0.1, -0.05) is 196 Å². The molecule has 2 aliphatic carbocycles. The van der Waals surface area contributed by atoms with Crippen molar-refractivity contribution in [2.75, 3.05) is 4.90 Å². The molecule has 1 heterocycles. The Hall–Kier alpha value is -7.94. The fourth-order valence-corrected chi connectivity index (χ4v) is 11.5. The fraction of sp³-hybridized carbons (Fsp3) is 0.0645. The number of hydrogen-bond donors (Lipinski definition) is 0. The van der Waals surface area contributed by atoms with Gasteiger partial charge in [0.1, 0.15) is 11.2 Å². The number of hydrogen-bond acceptors (Lipinski definition) is 2. The summed E-state index contributed by atoms with van der Waals surface area (Å²) in [7, 11) is 0. The zero-order valence-corrected chi connectivity index (χ0v) is 35.7. The van der Waals surface area contributed by atoms with Crippen molar-refractivity contribution in [3.63, 3.8) is 0 Å². The predicted molar refractivity (Wildman–Crippen MR) is 266 cm³/mol. The average molecular weight is 818 g/mol. The van der Waals surface area contributed by atoms with Gasteiger partial charge in [-0.05, 0) is 114 Å². The Morgan fingerprint density at radius 2 is 0.906 bits per heavy atom. The molecule has 0 aliphatic heterocycles. The molecule has 2 nitrogen and oxygen atoms in total. The topological polar surface area (TPSA) is 16.4 Å². The van der Waals surface area contributed by atoms with Gasteiger partial charge < -0.3 is 9.32 Å². The van der Waals surface area contributed by atoms with Crippen LogP contribution in [-0.2, 0) is 10.8 Å². The van der Waals surface area contributed by atoms with Crippen molar-refractivity contribution in [1.82, 2.24) is 0 Å². The third-order valence-electron chi connectivity index (χ3n) is 14.3. The van der Waals surface area contributed by atoms with Crippen LogP contribution in [0.5, 0.6) is 0 Å². The van der Waals surface area contributed by atoms with Crippen molar-refractivity contribution in [2.24, 2.45) is 0 Å². The molecule has 2 aliphatic rings. The highest BCUT2D eigenvalue weighted by Crippen LogP contribution is 2.59. The highest BCUT2D eigenvalue weighted by Gasteiger charge is 2.46. The molecule has 13 rings (SSSR count). The van der Waals surface area contributed by atoms with Crippen LogP contribution in [0.4, 0.5) is 17.1 Å². The largest absolute Gasteiger partial charge is 0.456 e. The van der Waals surface area contributed by atoms with Crippen molar-refractivity contribution >= 4 is 49.8 Å². The Kier molecular flexibility index (Phi) is 7.90. The first-order valence-electron chi connectivity index (χ1n) is 22.3. The maximum Gasteiger partial charge on any atom is 0.136 e. The maximum absolute atomic E-state index is 6.70. The summed E-state index contributed by atoms with van der Waals surface area (Å²) in [6.45, 7) is 4.75. The number of benzene rings is 10. The van der Waals surface area contributed by atoms with Crippen molar-refractivity contribution in [2.45, 2.75) is 24.7 Å². The maximum atomic E-state index is 6.70. The molecule has 0 saturated carbocycles. The molecule has 0 N–H and O–H groups in total. The Bertz CT molecular complexity index is 3610. The first kappa shape index (κ1) is 36.7. The van der Waals surface area contributed by atoms with Gasteiger partial charge in [0.15, 0.2) is 0 Å². The molecule has 0 spiro atoms. The van der Waals surface area contributed by atoms with Gasteiger partial charge in [-0.15, -0.1) is 0 Å². The molecule has 10 aromatic carbocycles. The number of furan rings is 1. The molecule has 0 amide bonds. The minimum Gasteiger partial charge on any atom is -0.456 e. The SMILES string of the molecule is CC1(C)c2ccccc2-c2ccc(N(c3ccc4c(c3)C(c3ccccc3)(c3ccccc3)c3ccccc3-4)c3ccc4oc5ccccc5c4c3-c3cccc4ccccc34)cc21. The summed E-state index contributed by atoms with van der Waals surface area (Å²) in [4.78, 5) is 2.53. The number of rotatable bonds is 6. The molecular formula is C62H43NO. The summed E-state index contributed by atoms with van der Waals surface area (Å²) in [5, 5.41) is 4.61. The summed E-state index contributed by atoms with van der Waals surface area (Å²) in [5.74, 6) is 0. The minimum atomic E-state index is -0.555. The first-order chi connectivity index (χ1) is 31.5. The van der Waals surface area contributed by atoms with Crippen LogP contribution in [0.15, 0.2) is 229 Å². The highest BCUT2D eigenvalue weighted by molar-refractivity contribution is 6.19. The summed E-state index contributed by atoms with van der Waals surface area (Å²) < 4.78 is 6.70. The predicted octanol–water partition coefficient (Wildman–Crippen LogP) is 16.5. The molecule has 0 fully saturated rings. The highest BCUT2D eigenvalue weighted by atomic mass is 16.3. The van der Waals surface area contributed by atoms with Crippen molar-refractivity contribution in [3.05, 3.63) is 258 Å². The number of anilines is 3. The van der Waals surface area contributed by atoms with E-state index in [4.69, 9.17) is 4.42 Å². The molecule has 0 saturated heterocycles. The summed E-state index contributed by atoms with van der Waals surface area (Å²) in [6, 6.07) is 82.9. The van der Waals surface area contributed by atoms with E-state index in [0.29, 0.717) is 0 Å². The van der Waals surface area contributed by atoms with Crippen LogP contribution in [0.2, 0.25) is 0 Å². The van der Waals surface area contributed by atoms with Crippen molar-refractivity contribution in [1.29, 1.82) is 0 Å². The molecule has 0 atom stereocenters. The zero-order valence-electron chi connectivity index (χ0n) is 35.7. The van der Waals surface area contributed by atoms with Gasteiger partial charge in [-0.3, -0.25) is 0 Å². The van der Waals surface area contributed by atoms with E-state index in [0.717, 1.165) is 44.6 Å². The van der Waals surface area contributed by atoms with Crippen molar-refractivity contribution in [3.8, 4) is 33.4 Å². The second-order valence-corrected chi connectivity index (χ2v) is 18.0. The lowest BCUT2D eigenvalue weighted by Gasteiger charge is -2.35. The third kappa shape index (κ3) is 5.08. The molecule has 0 radical (unpaired) electrons. The van der Waals surface area contributed by atoms with Gasteiger partial charge in [-0.25, -0.2) is 0 Å². The second-order valence-electron chi connectivity index (χ2n) is 18.0. The first-order valence-corrected chi connectivity index (χ1v) is 22.3. The van der Waals surface area contributed by atoms with E-state index in [1.165, 1.54) is 72.0 Å². The Morgan fingerprint density at radius 3 is 1.64 bits per heavy atom. The van der Waals surface area contributed by atoms with E-state index < -0.39 is 5.41 Å². The van der Waals surface area contributed by atoms with Gasteiger partial charge in [0.2, 0.25) is 0 Å². The van der Waals surface area contributed by atoms with Gasteiger partial charge in [0, 0.05) is 33.1 Å². The van der Waals surface area contributed by atoms with Crippen LogP contribution >= 0.6 is 0 Å². The number of fused-ring (bicyclic) bond motifs is 10. The number of para-hydroxylation sites is 1. The average Bonchev–Trinajstić information content (AvgIpc) is 3.95. The van der Waals surface area contributed by atoms with E-state index in [9.17, 15) is 0 Å².